The lowest BCUT2D eigenvalue weighted by Crippen LogP contribution is -2.54. The highest BCUT2D eigenvalue weighted by Gasteiger charge is 2.72. The molecule has 0 aromatic heterocycles. The van der Waals surface area contributed by atoms with E-state index in [1.807, 2.05) is 0 Å². The maximum absolute atomic E-state index is 13.9. The SMILES string of the molecule is COC(O)c1ccc(C(c2ccc(C(=O)O)cc2)(C(F)(F)F)C(F)(F)F)cc1. The van der Waals surface area contributed by atoms with E-state index in [-0.39, 0.29) is 5.56 Å². The molecule has 4 nitrogen and oxygen atoms in total. The summed E-state index contributed by atoms with van der Waals surface area (Å²) in [6, 6.07) is 5.31. The summed E-state index contributed by atoms with van der Waals surface area (Å²) in [5, 5.41) is 18.4. The lowest BCUT2D eigenvalue weighted by Gasteiger charge is -2.38. The summed E-state index contributed by atoms with van der Waals surface area (Å²) in [6.07, 6.45) is -13.1. The van der Waals surface area contributed by atoms with E-state index in [0.29, 0.717) is 36.4 Å². The molecule has 0 aliphatic heterocycles. The molecule has 1 unspecified atom stereocenters. The number of ether oxygens (including phenoxy) is 1. The second-order valence-corrected chi connectivity index (χ2v) is 5.84. The molecule has 0 aliphatic carbocycles. The summed E-state index contributed by atoms with van der Waals surface area (Å²) in [5.41, 5.74) is -7.21. The molecule has 2 rings (SSSR count). The number of carboxylic acid groups (broad SMARTS) is 1. The van der Waals surface area contributed by atoms with Crippen LogP contribution in [0.3, 0.4) is 0 Å². The number of rotatable bonds is 5. The van der Waals surface area contributed by atoms with Crippen molar-refractivity contribution in [2.45, 2.75) is 24.1 Å². The summed E-state index contributed by atoms with van der Waals surface area (Å²) in [6.45, 7) is 0. The first-order valence-electron chi connectivity index (χ1n) is 7.65. The third kappa shape index (κ3) is 3.57. The Morgan fingerprint density at radius 1 is 0.857 bits per heavy atom. The van der Waals surface area contributed by atoms with Gasteiger partial charge in [0.05, 0.1) is 5.56 Å². The van der Waals surface area contributed by atoms with Crippen molar-refractivity contribution in [3.8, 4) is 0 Å². The number of hydrogen-bond acceptors (Lipinski definition) is 3. The van der Waals surface area contributed by atoms with Crippen LogP contribution in [0.1, 0.15) is 33.3 Å². The van der Waals surface area contributed by atoms with Crippen molar-refractivity contribution >= 4 is 5.97 Å². The summed E-state index contributed by atoms with van der Waals surface area (Å²) in [5.74, 6) is -1.49. The van der Waals surface area contributed by atoms with E-state index in [1.54, 1.807) is 0 Å². The zero-order valence-corrected chi connectivity index (χ0v) is 14.2. The van der Waals surface area contributed by atoms with Crippen LogP contribution >= 0.6 is 0 Å². The van der Waals surface area contributed by atoms with Crippen LogP contribution in [-0.4, -0.2) is 35.6 Å². The van der Waals surface area contributed by atoms with Crippen LogP contribution in [0.5, 0.6) is 0 Å². The third-order valence-electron chi connectivity index (χ3n) is 4.27. The lowest BCUT2D eigenvalue weighted by molar-refractivity contribution is -0.288. The molecule has 28 heavy (non-hydrogen) atoms. The predicted octanol–water partition coefficient (Wildman–Crippen LogP) is 4.43. The van der Waals surface area contributed by atoms with Crippen LogP contribution in [0.2, 0.25) is 0 Å². The van der Waals surface area contributed by atoms with E-state index in [4.69, 9.17) is 5.11 Å². The van der Waals surface area contributed by atoms with E-state index in [2.05, 4.69) is 4.74 Å². The zero-order chi connectivity index (χ0) is 21.3. The number of alkyl halides is 6. The van der Waals surface area contributed by atoms with Gasteiger partial charge in [-0.2, -0.15) is 26.3 Å². The fourth-order valence-electron chi connectivity index (χ4n) is 2.88. The number of benzene rings is 2. The Balaban J connectivity index is 2.77. The summed E-state index contributed by atoms with van der Waals surface area (Å²) < 4.78 is 88.1. The minimum absolute atomic E-state index is 0.0364. The molecular weight excluding hydrogens is 394 g/mol. The third-order valence-corrected chi connectivity index (χ3v) is 4.27. The van der Waals surface area contributed by atoms with E-state index < -0.39 is 46.7 Å². The quantitative estimate of drug-likeness (QED) is 0.567. The number of halogens is 6. The van der Waals surface area contributed by atoms with Crippen molar-refractivity contribution in [3.63, 3.8) is 0 Å². The number of hydrogen-bond donors (Lipinski definition) is 2. The average Bonchev–Trinajstić information content (AvgIpc) is 2.60. The highest BCUT2D eigenvalue weighted by Crippen LogP contribution is 2.56. The first kappa shape index (κ1) is 21.7. The van der Waals surface area contributed by atoms with Gasteiger partial charge in [-0.05, 0) is 23.3 Å². The van der Waals surface area contributed by atoms with E-state index >= 15 is 0 Å². The highest BCUT2D eigenvalue weighted by molar-refractivity contribution is 5.87. The van der Waals surface area contributed by atoms with Gasteiger partial charge in [-0.1, -0.05) is 36.4 Å². The monoisotopic (exact) mass is 408 g/mol. The van der Waals surface area contributed by atoms with Crippen molar-refractivity contribution in [1.29, 1.82) is 0 Å². The zero-order valence-electron chi connectivity index (χ0n) is 14.2. The predicted molar refractivity (Wildman–Crippen MR) is 84.7 cm³/mol. The molecule has 0 amide bonds. The Bertz CT molecular complexity index is 811. The molecule has 0 radical (unpaired) electrons. The fraction of sp³-hybridized carbons (Fsp3) is 0.278. The van der Waals surface area contributed by atoms with Gasteiger partial charge in [-0.15, -0.1) is 0 Å². The second kappa shape index (κ2) is 7.44. The molecule has 2 aromatic carbocycles. The van der Waals surface area contributed by atoms with E-state index in [1.165, 1.54) is 0 Å². The van der Waals surface area contributed by atoms with Crippen LogP contribution in [0.15, 0.2) is 48.5 Å². The molecule has 152 valence electrons. The number of methoxy groups -OCH3 is 1. The molecule has 10 heteroatoms. The van der Waals surface area contributed by atoms with Crippen LogP contribution in [0.25, 0.3) is 0 Å². The Kier molecular flexibility index (Phi) is 5.77. The number of carbonyl (C=O) groups is 1. The molecule has 0 saturated carbocycles. The number of carboxylic acids is 1. The van der Waals surface area contributed by atoms with Crippen molar-refractivity contribution in [2.24, 2.45) is 0 Å². The van der Waals surface area contributed by atoms with Crippen molar-refractivity contribution in [2.75, 3.05) is 7.11 Å². The van der Waals surface area contributed by atoms with Gasteiger partial charge in [-0.3, -0.25) is 0 Å². The molecular formula is C18H14F6O4. The maximum atomic E-state index is 13.9. The first-order valence-corrected chi connectivity index (χ1v) is 7.65. The summed E-state index contributed by atoms with van der Waals surface area (Å²) >= 11 is 0. The second-order valence-electron chi connectivity index (χ2n) is 5.84. The van der Waals surface area contributed by atoms with Crippen molar-refractivity contribution in [1.82, 2.24) is 0 Å². The average molecular weight is 408 g/mol. The van der Waals surface area contributed by atoms with Gasteiger partial charge in [0, 0.05) is 12.7 Å². The van der Waals surface area contributed by atoms with Crippen molar-refractivity contribution < 1.29 is 46.1 Å². The largest absolute Gasteiger partial charge is 0.478 e. The number of aliphatic hydroxyl groups excluding tert-OH is 1. The van der Waals surface area contributed by atoms with E-state index in [9.17, 15) is 36.2 Å². The highest BCUT2D eigenvalue weighted by atomic mass is 19.4. The van der Waals surface area contributed by atoms with Crippen LogP contribution in [0.4, 0.5) is 26.3 Å². The Morgan fingerprint density at radius 2 is 1.25 bits per heavy atom. The molecule has 2 N–H and O–H groups in total. The first-order chi connectivity index (χ1) is 12.9. The van der Waals surface area contributed by atoms with Crippen LogP contribution in [-0.2, 0) is 10.2 Å². The summed E-state index contributed by atoms with van der Waals surface area (Å²) in [4.78, 5) is 10.9. The smallest absolute Gasteiger partial charge is 0.411 e. The van der Waals surface area contributed by atoms with Gasteiger partial charge in [0.2, 0.25) is 5.41 Å². The van der Waals surface area contributed by atoms with Crippen LogP contribution < -0.4 is 0 Å². The fourth-order valence-corrected chi connectivity index (χ4v) is 2.88. The minimum Gasteiger partial charge on any atom is -0.478 e. The Hall–Kier alpha value is -2.59. The molecule has 0 spiro atoms. The Morgan fingerprint density at radius 3 is 1.57 bits per heavy atom. The van der Waals surface area contributed by atoms with Gasteiger partial charge in [0.1, 0.15) is 0 Å². The molecule has 0 saturated heterocycles. The minimum atomic E-state index is -5.79. The molecule has 0 heterocycles. The molecule has 2 aromatic rings. The number of aliphatic hydroxyl groups is 1. The van der Waals surface area contributed by atoms with E-state index in [0.717, 1.165) is 19.2 Å². The van der Waals surface area contributed by atoms with Crippen LogP contribution in [0, 0.1) is 0 Å². The molecule has 0 bridgehead atoms. The molecule has 1 atom stereocenters. The van der Waals surface area contributed by atoms with Gasteiger partial charge in [-0.25, -0.2) is 4.79 Å². The lowest BCUT2D eigenvalue weighted by atomic mass is 9.72. The van der Waals surface area contributed by atoms with Gasteiger partial charge in [0.15, 0.2) is 6.29 Å². The van der Waals surface area contributed by atoms with Crippen molar-refractivity contribution in [3.05, 3.63) is 70.8 Å². The maximum Gasteiger partial charge on any atom is 0.411 e. The van der Waals surface area contributed by atoms with Gasteiger partial charge >= 0.3 is 18.3 Å². The normalized spacial score (nSPS) is 14.0. The van der Waals surface area contributed by atoms with Gasteiger partial charge in [0.25, 0.3) is 0 Å². The standard InChI is InChI=1S/C18H14F6O4/c1-28-15(27)11-4-8-13(9-5-11)16(17(19,20)21,18(22,23)24)12-6-2-10(3-7-12)14(25)26/h2-9,15,27H,1H3,(H,25,26). The summed E-state index contributed by atoms with van der Waals surface area (Å²) in [7, 11) is 1.11. The molecule has 0 fully saturated rings. The Labute approximate surface area is 155 Å². The molecule has 0 aliphatic rings. The number of aromatic carboxylic acids is 1. The van der Waals surface area contributed by atoms with Gasteiger partial charge < -0.3 is 14.9 Å². The topological polar surface area (TPSA) is 66.8 Å².